The number of thiophene rings is 1. The van der Waals surface area contributed by atoms with Gasteiger partial charge in [0.2, 0.25) is 0 Å². The van der Waals surface area contributed by atoms with Gasteiger partial charge in [0, 0.05) is 47.6 Å². The van der Waals surface area contributed by atoms with Crippen LogP contribution in [0.2, 0.25) is 0 Å². The molecule has 0 unspecified atom stereocenters. The Bertz CT molecular complexity index is 3230. The Hall–Kier alpha value is -7.21. The minimum absolute atomic E-state index is 0.594. The molecule has 11 rings (SSSR count). The first-order valence-electron chi connectivity index (χ1n) is 18.7. The summed E-state index contributed by atoms with van der Waals surface area (Å²) in [5.74, 6) is 1.84. The van der Waals surface area contributed by atoms with Crippen molar-refractivity contribution >= 4 is 53.4 Å². The van der Waals surface area contributed by atoms with E-state index < -0.39 is 0 Å². The molecule has 0 saturated heterocycles. The lowest BCUT2D eigenvalue weighted by Crippen LogP contribution is -2.00. The average molecular weight is 734 g/mol. The molecule has 0 aliphatic rings. The molecule has 0 aliphatic carbocycles. The molecule has 3 aromatic heterocycles. The molecule has 0 aliphatic heterocycles. The molecule has 3 heterocycles. The predicted molar refractivity (Wildman–Crippen MR) is 233 cm³/mol. The summed E-state index contributed by atoms with van der Waals surface area (Å²) in [6.45, 7) is 0. The summed E-state index contributed by atoms with van der Waals surface area (Å²) in [6, 6.07) is 65.8. The lowest BCUT2D eigenvalue weighted by Gasteiger charge is -2.09. The van der Waals surface area contributed by atoms with Crippen LogP contribution in [0.4, 0.5) is 0 Å². The SMILES string of the molecule is c1ccc(-c2ccc(-c3nc(-c4ccccc4)nc(-c4ccc5c(c4)oc4cc(-c6ccc7sc8cc(-c9ccccc9)ccc8c7c6)ccc45)n3)cc2)cc1. The number of furan rings is 1. The number of fused-ring (bicyclic) bond motifs is 6. The molecule has 0 fully saturated rings. The van der Waals surface area contributed by atoms with Crippen molar-refractivity contribution in [3.63, 3.8) is 0 Å². The molecule has 0 atom stereocenters. The molecule has 0 radical (unpaired) electrons. The van der Waals surface area contributed by atoms with Crippen LogP contribution in [0.1, 0.15) is 0 Å². The van der Waals surface area contributed by atoms with Crippen molar-refractivity contribution in [2.75, 3.05) is 0 Å². The van der Waals surface area contributed by atoms with E-state index in [4.69, 9.17) is 19.4 Å². The Labute approximate surface area is 327 Å². The number of rotatable bonds is 6. The maximum Gasteiger partial charge on any atom is 0.164 e. The molecule has 0 bridgehead atoms. The second-order valence-electron chi connectivity index (χ2n) is 14.0. The zero-order valence-electron chi connectivity index (χ0n) is 30.1. The molecular weight excluding hydrogens is 703 g/mol. The normalized spacial score (nSPS) is 11.6. The van der Waals surface area contributed by atoms with Gasteiger partial charge in [-0.15, -0.1) is 11.3 Å². The van der Waals surface area contributed by atoms with Gasteiger partial charge in [-0.05, 0) is 75.8 Å². The van der Waals surface area contributed by atoms with Gasteiger partial charge in [0.05, 0.1) is 0 Å². The first-order chi connectivity index (χ1) is 27.7. The van der Waals surface area contributed by atoms with E-state index in [0.29, 0.717) is 17.5 Å². The summed E-state index contributed by atoms with van der Waals surface area (Å²) in [6.07, 6.45) is 0. The lowest BCUT2D eigenvalue weighted by atomic mass is 10.00. The van der Waals surface area contributed by atoms with Gasteiger partial charge in [-0.2, -0.15) is 0 Å². The number of nitrogens with zero attached hydrogens (tertiary/aromatic N) is 3. The van der Waals surface area contributed by atoms with Gasteiger partial charge < -0.3 is 4.42 Å². The zero-order valence-corrected chi connectivity index (χ0v) is 30.9. The average Bonchev–Trinajstić information content (AvgIpc) is 3.84. The molecule has 262 valence electrons. The molecular formula is C51H31N3OS. The molecule has 4 nitrogen and oxygen atoms in total. The summed E-state index contributed by atoms with van der Waals surface area (Å²) in [4.78, 5) is 14.9. The Morgan fingerprint density at radius 3 is 1.34 bits per heavy atom. The van der Waals surface area contributed by atoms with Crippen molar-refractivity contribution in [1.29, 1.82) is 0 Å². The highest BCUT2D eigenvalue weighted by Crippen LogP contribution is 2.40. The second-order valence-corrected chi connectivity index (χ2v) is 15.1. The molecule has 11 aromatic rings. The Morgan fingerprint density at radius 1 is 0.286 bits per heavy atom. The van der Waals surface area contributed by atoms with Crippen LogP contribution < -0.4 is 0 Å². The Kier molecular flexibility index (Phi) is 7.64. The number of benzene rings is 8. The fraction of sp³-hybridized carbons (Fsp3) is 0. The van der Waals surface area contributed by atoms with Crippen molar-refractivity contribution in [2.24, 2.45) is 0 Å². The van der Waals surface area contributed by atoms with Crippen LogP contribution in [0.3, 0.4) is 0 Å². The summed E-state index contributed by atoms with van der Waals surface area (Å²) >= 11 is 1.85. The monoisotopic (exact) mass is 733 g/mol. The van der Waals surface area contributed by atoms with Crippen LogP contribution in [0.25, 0.3) is 110 Å². The van der Waals surface area contributed by atoms with Gasteiger partial charge in [-0.1, -0.05) is 146 Å². The minimum atomic E-state index is 0.594. The van der Waals surface area contributed by atoms with E-state index in [1.807, 2.05) is 47.7 Å². The van der Waals surface area contributed by atoms with Crippen LogP contribution in [0.15, 0.2) is 192 Å². The van der Waals surface area contributed by atoms with Gasteiger partial charge in [0.1, 0.15) is 11.2 Å². The predicted octanol–water partition coefficient (Wildman–Crippen LogP) is 14.1. The van der Waals surface area contributed by atoms with Gasteiger partial charge in [-0.3, -0.25) is 0 Å². The maximum atomic E-state index is 6.59. The van der Waals surface area contributed by atoms with Crippen molar-refractivity contribution in [3.05, 3.63) is 188 Å². The summed E-state index contributed by atoms with van der Waals surface area (Å²) in [5, 5.41) is 4.68. The first kappa shape index (κ1) is 32.2. The van der Waals surface area contributed by atoms with Crippen molar-refractivity contribution < 1.29 is 4.42 Å². The molecule has 0 N–H and O–H groups in total. The highest BCUT2D eigenvalue weighted by molar-refractivity contribution is 7.25. The topological polar surface area (TPSA) is 51.8 Å². The van der Waals surface area contributed by atoms with Crippen molar-refractivity contribution in [3.8, 4) is 67.5 Å². The van der Waals surface area contributed by atoms with Gasteiger partial charge in [0.15, 0.2) is 17.5 Å². The highest BCUT2D eigenvalue weighted by Gasteiger charge is 2.16. The molecule has 0 amide bonds. The fourth-order valence-corrected chi connectivity index (χ4v) is 8.78. The van der Waals surface area contributed by atoms with E-state index in [1.54, 1.807) is 0 Å². The van der Waals surface area contributed by atoms with E-state index >= 15 is 0 Å². The van der Waals surface area contributed by atoms with E-state index in [9.17, 15) is 0 Å². The Morgan fingerprint density at radius 2 is 0.696 bits per heavy atom. The Balaban J connectivity index is 0.958. The highest BCUT2D eigenvalue weighted by atomic mass is 32.1. The molecule has 0 saturated carbocycles. The summed E-state index contributed by atoms with van der Waals surface area (Å²) in [5.41, 5.74) is 11.4. The van der Waals surface area contributed by atoms with Crippen molar-refractivity contribution in [2.45, 2.75) is 0 Å². The standard InChI is InChI=1S/C51H31N3OS/c1-4-10-32(11-5-1)34-16-18-36(19-17-34)50-52-49(35-14-8-3-9-15-35)53-51(54-50)40-22-25-42-41-24-20-38(29-45(41)55-46(42)30-40)37-23-27-47-44(28-37)43-26-21-39(31-48(43)56-47)33-12-6-2-7-13-33/h1-31H. The van der Waals surface area contributed by atoms with Crippen LogP contribution in [0.5, 0.6) is 0 Å². The van der Waals surface area contributed by atoms with Crippen LogP contribution in [-0.4, -0.2) is 15.0 Å². The smallest absolute Gasteiger partial charge is 0.164 e. The van der Waals surface area contributed by atoms with E-state index in [1.165, 1.54) is 36.9 Å². The van der Waals surface area contributed by atoms with Crippen LogP contribution >= 0.6 is 11.3 Å². The van der Waals surface area contributed by atoms with Gasteiger partial charge in [-0.25, -0.2) is 15.0 Å². The minimum Gasteiger partial charge on any atom is -0.456 e. The number of hydrogen-bond donors (Lipinski definition) is 0. The van der Waals surface area contributed by atoms with Crippen LogP contribution in [-0.2, 0) is 0 Å². The number of hydrogen-bond acceptors (Lipinski definition) is 5. The maximum absolute atomic E-state index is 6.59. The van der Waals surface area contributed by atoms with Gasteiger partial charge >= 0.3 is 0 Å². The lowest BCUT2D eigenvalue weighted by molar-refractivity contribution is 0.669. The van der Waals surface area contributed by atoms with Crippen molar-refractivity contribution in [1.82, 2.24) is 15.0 Å². The first-order valence-corrected chi connectivity index (χ1v) is 19.5. The third kappa shape index (κ3) is 5.74. The van der Waals surface area contributed by atoms with E-state index in [0.717, 1.165) is 55.3 Å². The summed E-state index contributed by atoms with van der Waals surface area (Å²) in [7, 11) is 0. The molecule has 8 aromatic carbocycles. The fourth-order valence-electron chi connectivity index (χ4n) is 7.66. The second kappa shape index (κ2) is 13.3. The quantitative estimate of drug-likeness (QED) is 0.171. The third-order valence-corrected chi connectivity index (χ3v) is 11.7. The van der Waals surface area contributed by atoms with E-state index in [-0.39, 0.29) is 0 Å². The molecule has 0 spiro atoms. The largest absolute Gasteiger partial charge is 0.456 e. The van der Waals surface area contributed by atoms with E-state index in [2.05, 4.69) is 152 Å². The molecule has 5 heteroatoms. The third-order valence-electron chi connectivity index (χ3n) is 10.6. The number of aromatic nitrogens is 3. The van der Waals surface area contributed by atoms with Crippen LogP contribution in [0, 0.1) is 0 Å². The summed E-state index contributed by atoms with van der Waals surface area (Å²) < 4.78 is 9.17. The molecule has 56 heavy (non-hydrogen) atoms. The zero-order chi connectivity index (χ0) is 37.0. The van der Waals surface area contributed by atoms with Gasteiger partial charge in [0.25, 0.3) is 0 Å².